The van der Waals surface area contributed by atoms with Crippen molar-refractivity contribution < 1.29 is 42.9 Å². The van der Waals surface area contributed by atoms with Crippen molar-refractivity contribution in [1.82, 2.24) is 35.4 Å². The number of aromatic nitrogens is 3. The van der Waals surface area contributed by atoms with E-state index in [1.54, 1.807) is 11.3 Å². The number of carbonyl (C=O) groups is 3. The van der Waals surface area contributed by atoms with Crippen LogP contribution in [0.15, 0.2) is 70.7 Å². The molecule has 66 heavy (non-hydrogen) atoms. The second-order valence-corrected chi connectivity index (χ2v) is 18.6. The van der Waals surface area contributed by atoms with Crippen LogP contribution in [-0.4, -0.2) is 145 Å². The third-order valence-corrected chi connectivity index (χ3v) is 12.6. The lowest BCUT2D eigenvalue weighted by Gasteiger charge is -2.35. The van der Waals surface area contributed by atoms with Gasteiger partial charge in [0.15, 0.2) is 5.58 Å². The standard InChI is InChI=1S/C48H62N8O9S/c1-32-6-11-36(49-26-32)29-64-38-12-13-41-39(25-38)52-47(65-41)55-16-14-54(15-17-55)18-19-61-20-21-62-22-23-63-30-42(58)53-44(48(3,4)5)46(60)56-28-37(57)24-40(56)45(59)50-27-34-7-9-35(10-8-34)43-33(2)51-31-66-43/h6-13,25-26,31,37,40,44,57H,14-24,27-30H2,1-5H3,(H,50,59)(H,53,58)/t37-,40+,44-/m1/s1. The van der Waals surface area contributed by atoms with E-state index < -0.39 is 35.4 Å². The zero-order valence-corrected chi connectivity index (χ0v) is 39.3. The minimum atomic E-state index is -0.953. The summed E-state index contributed by atoms with van der Waals surface area (Å²) in [7, 11) is 0. The number of hydrogen-bond acceptors (Lipinski definition) is 15. The second-order valence-electron chi connectivity index (χ2n) is 17.8. The molecule has 354 valence electrons. The van der Waals surface area contributed by atoms with Crippen LogP contribution >= 0.6 is 11.3 Å². The highest BCUT2D eigenvalue weighted by molar-refractivity contribution is 7.13. The van der Waals surface area contributed by atoms with E-state index in [-0.39, 0.29) is 45.2 Å². The lowest BCUT2D eigenvalue weighted by atomic mass is 9.85. The first kappa shape index (κ1) is 48.4. The number of amides is 3. The maximum Gasteiger partial charge on any atom is 0.298 e. The van der Waals surface area contributed by atoms with Crippen molar-refractivity contribution in [3.63, 3.8) is 0 Å². The fourth-order valence-corrected chi connectivity index (χ4v) is 8.62. The van der Waals surface area contributed by atoms with Gasteiger partial charge in [-0.25, -0.2) is 4.98 Å². The lowest BCUT2D eigenvalue weighted by molar-refractivity contribution is -0.144. The predicted octanol–water partition coefficient (Wildman–Crippen LogP) is 4.52. The summed E-state index contributed by atoms with van der Waals surface area (Å²) < 4.78 is 29.0. The number of oxazole rings is 1. The van der Waals surface area contributed by atoms with Crippen molar-refractivity contribution >= 4 is 46.2 Å². The summed E-state index contributed by atoms with van der Waals surface area (Å²) in [6.07, 6.45) is 1.07. The van der Waals surface area contributed by atoms with Crippen LogP contribution in [0.4, 0.5) is 6.01 Å². The first-order valence-corrected chi connectivity index (χ1v) is 23.4. The molecule has 3 N–H and O–H groups in total. The minimum Gasteiger partial charge on any atom is -0.487 e. The first-order chi connectivity index (χ1) is 31.8. The maximum atomic E-state index is 13.9. The highest BCUT2D eigenvalue weighted by atomic mass is 32.1. The Morgan fingerprint density at radius 1 is 0.924 bits per heavy atom. The SMILES string of the molecule is Cc1ccc(COc2ccc3oc(N4CCN(CCOCCOCCOCC(=O)N[C@H](C(=O)N5C[C@H](O)C[C@H]5C(=O)NCc5ccc(-c6scnc6C)cc5)C(C)(C)C)CC4)nc3c2)nc1. The molecule has 5 heterocycles. The van der Waals surface area contributed by atoms with Gasteiger partial charge < -0.3 is 48.9 Å². The largest absolute Gasteiger partial charge is 0.487 e. The molecule has 2 aliphatic heterocycles. The average Bonchev–Trinajstić information content (AvgIpc) is 4.05. The maximum absolute atomic E-state index is 13.9. The normalized spacial score (nSPS) is 17.3. The molecule has 3 atom stereocenters. The zero-order chi connectivity index (χ0) is 46.6. The first-order valence-electron chi connectivity index (χ1n) is 22.5. The van der Waals surface area contributed by atoms with Crippen molar-refractivity contribution in [3.8, 4) is 16.2 Å². The molecule has 18 heteroatoms. The zero-order valence-electron chi connectivity index (χ0n) is 38.5. The number of anilines is 1. The Labute approximate surface area is 389 Å². The molecule has 2 saturated heterocycles. The smallest absolute Gasteiger partial charge is 0.298 e. The molecule has 2 aromatic carbocycles. The number of thiazole rings is 1. The van der Waals surface area contributed by atoms with Gasteiger partial charge in [-0.2, -0.15) is 4.98 Å². The number of aryl methyl sites for hydroxylation is 2. The van der Waals surface area contributed by atoms with Crippen LogP contribution in [0.5, 0.6) is 5.75 Å². The molecule has 7 rings (SSSR count). The Morgan fingerprint density at radius 2 is 1.67 bits per heavy atom. The van der Waals surface area contributed by atoms with Crippen LogP contribution in [0.25, 0.3) is 21.5 Å². The molecular weight excluding hydrogens is 865 g/mol. The van der Waals surface area contributed by atoms with Gasteiger partial charge in [0.05, 0.1) is 60.9 Å². The van der Waals surface area contributed by atoms with Gasteiger partial charge in [-0.05, 0) is 54.2 Å². The summed E-state index contributed by atoms with van der Waals surface area (Å²) in [5.41, 5.74) is 7.49. The van der Waals surface area contributed by atoms with E-state index in [1.807, 2.05) is 101 Å². The molecule has 2 aliphatic rings. The van der Waals surface area contributed by atoms with Crippen molar-refractivity contribution in [1.29, 1.82) is 0 Å². The summed E-state index contributed by atoms with van der Waals surface area (Å²) in [4.78, 5) is 60.8. The molecule has 0 bridgehead atoms. The fourth-order valence-electron chi connectivity index (χ4n) is 7.81. The van der Waals surface area contributed by atoms with Crippen LogP contribution in [0.3, 0.4) is 0 Å². The molecule has 0 unspecified atom stereocenters. The quantitative estimate of drug-likeness (QED) is 0.0870. The lowest BCUT2D eigenvalue weighted by Crippen LogP contribution is -2.58. The number of fused-ring (bicyclic) bond motifs is 1. The summed E-state index contributed by atoms with van der Waals surface area (Å²) in [5, 5.41) is 16.3. The number of nitrogens with one attached hydrogen (secondary N) is 2. The van der Waals surface area contributed by atoms with Crippen LogP contribution in [0.1, 0.15) is 49.7 Å². The van der Waals surface area contributed by atoms with E-state index >= 15 is 0 Å². The van der Waals surface area contributed by atoms with Gasteiger partial charge in [-0.15, -0.1) is 11.3 Å². The fraction of sp³-hybridized carbons (Fsp3) is 0.500. The van der Waals surface area contributed by atoms with Crippen LogP contribution in [0, 0.1) is 19.3 Å². The van der Waals surface area contributed by atoms with Crippen LogP contribution in [0.2, 0.25) is 0 Å². The minimum absolute atomic E-state index is 0.00763. The summed E-state index contributed by atoms with van der Waals surface area (Å²) >= 11 is 1.58. The third-order valence-electron chi connectivity index (χ3n) is 11.6. The van der Waals surface area contributed by atoms with Gasteiger partial charge in [0.25, 0.3) is 6.01 Å². The number of pyridine rings is 1. The third kappa shape index (κ3) is 13.3. The van der Waals surface area contributed by atoms with Gasteiger partial charge in [0, 0.05) is 64.5 Å². The van der Waals surface area contributed by atoms with E-state index in [2.05, 4.69) is 30.4 Å². The molecule has 0 radical (unpaired) electrons. The summed E-state index contributed by atoms with van der Waals surface area (Å²) in [6, 6.07) is 16.3. The Hall–Kier alpha value is -5.50. The molecule has 0 aliphatic carbocycles. The second kappa shape index (κ2) is 22.8. The molecular formula is C48H62N8O9S. The van der Waals surface area contributed by atoms with E-state index in [0.717, 1.165) is 76.8 Å². The number of piperazine rings is 1. The Morgan fingerprint density at radius 3 is 2.36 bits per heavy atom. The molecule has 2 fully saturated rings. The van der Waals surface area contributed by atoms with E-state index in [0.29, 0.717) is 38.2 Å². The van der Waals surface area contributed by atoms with Crippen molar-refractivity contribution in [2.45, 2.75) is 72.4 Å². The van der Waals surface area contributed by atoms with Crippen LogP contribution in [-0.2, 0) is 41.7 Å². The van der Waals surface area contributed by atoms with Gasteiger partial charge >= 0.3 is 0 Å². The topological polar surface area (TPSA) is 194 Å². The number of likely N-dealkylation sites (tertiary alicyclic amines) is 1. The number of benzene rings is 2. The highest BCUT2D eigenvalue weighted by Gasteiger charge is 2.44. The number of hydrogen-bond donors (Lipinski definition) is 3. The Bertz CT molecular complexity index is 2360. The monoisotopic (exact) mass is 926 g/mol. The number of ether oxygens (including phenoxy) is 4. The molecule has 3 amide bonds. The summed E-state index contributed by atoms with van der Waals surface area (Å²) in [5.74, 6) is -0.550. The summed E-state index contributed by atoms with van der Waals surface area (Å²) in [6.45, 7) is 15.8. The van der Waals surface area contributed by atoms with E-state index in [4.69, 9.17) is 28.3 Å². The Balaban J connectivity index is 0.741. The molecule has 0 saturated carbocycles. The van der Waals surface area contributed by atoms with Gasteiger partial charge in [0.2, 0.25) is 17.7 Å². The number of nitrogens with zero attached hydrogens (tertiary/aromatic N) is 6. The number of β-amino-alcohol motifs (C(OH)–C–C–N with tert-alkyl or cyclic N) is 1. The van der Waals surface area contributed by atoms with E-state index in [1.165, 1.54) is 4.90 Å². The number of rotatable bonds is 21. The van der Waals surface area contributed by atoms with Crippen molar-refractivity contribution in [2.75, 3.05) is 83.8 Å². The molecule has 17 nitrogen and oxygen atoms in total. The van der Waals surface area contributed by atoms with Crippen molar-refractivity contribution in [2.24, 2.45) is 5.41 Å². The Kier molecular flexibility index (Phi) is 16.7. The van der Waals surface area contributed by atoms with E-state index in [9.17, 15) is 19.5 Å². The molecule has 0 spiro atoms. The predicted molar refractivity (Wildman–Crippen MR) is 250 cm³/mol. The van der Waals surface area contributed by atoms with Gasteiger partial charge in [-0.1, -0.05) is 51.1 Å². The highest BCUT2D eigenvalue weighted by Crippen LogP contribution is 2.29. The van der Waals surface area contributed by atoms with Gasteiger partial charge in [-0.3, -0.25) is 24.3 Å². The average molecular weight is 927 g/mol. The number of carbonyl (C=O) groups excluding carboxylic acids is 3. The molecule has 3 aromatic heterocycles. The molecule has 5 aromatic rings. The van der Waals surface area contributed by atoms with Crippen LogP contribution < -0.4 is 20.3 Å². The number of aliphatic hydroxyl groups is 1. The van der Waals surface area contributed by atoms with Gasteiger partial charge in [0.1, 0.15) is 36.6 Å². The van der Waals surface area contributed by atoms with Crippen molar-refractivity contribution in [3.05, 3.63) is 88.8 Å². The number of aliphatic hydroxyl groups excluding tert-OH is 1.